The van der Waals surface area contributed by atoms with Crippen LogP contribution in [0.3, 0.4) is 0 Å². The molecule has 0 fully saturated rings. The molecule has 2 N–H and O–H groups in total. The molecule has 0 bridgehead atoms. The number of amides is 1. The van der Waals surface area contributed by atoms with Crippen molar-refractivity contribution in [2.45, 2.75) is 17.8 Å². The van der Waals surface area contributed by atoms with E-state index >= 15 is 0 Å². The summed E-state index contributed by atoms with van der Waals surface area (Å²) in [5.74, 6) is 0.709. The molecule has 2 aromatic heterocycles. The highest BCUT2D eigenvalue weighted by Gasteiger charge is 2.19. The maximum atomic E-state index is 13.2. The second-order valence-electron chi connectivity index (χ2n) is 7.55. The maximum Gasteiger partial charge on any atom is 0.274 e. The summed E-state index contributed by atoms with van der Waals surface area (Å²) in [5.41, 5.74) is 4.73. The molecule has 5 aromatic rings. The summed E-state index contributed by atoms with van der Waals surface area (Å²) in [6.45, 7) is 2.01. The zero-order chi connectivity index (χ0) is 22.8. The van der Waals surface area contributed by atoms with E-state index in [0.29, 0.717) is 22.3 Å². The van der Waals surface area contributed by atoms with Crippen LogP contribution in [0.1, 0.15) is 21.9 Å². The monoisotopic (exact) mass is 457 g/mol. The number of carbonyl (C=O) groups is 1. The number of hydrogen-bond acceptors (Lipinski definition) is 4. The lowest BCUT2D eigenvalue weighted by molar-refractivity contribution is 0.102. The predicted octanol–water partition coefficient (Wildman–Crippen LogP) is 5.74. The molecule has 33 heavy (non-hydrogen) atoms. The number of thioether (sulfide) groups is 1. The van der Waals surface area contributed by atoms with Crippen LogP contribution < -0.4 is 5.32 Å². The SMILES string of the molecule is Cc1ccc(-n2c(C(=O)Nc3ccc(F)cc3)cnc2SCc2nc3ccccc3[nH]2)cc1. The standard InChI is InChI=1S/C25H20FN5OS/c1-16-6-12-19(13-7-16)31-22(24(32)28-18-10-8-17(26)9-11-18)14-27-25(31)33-15-23-29-20-4-2-3-5-21(20)30-23/h2-14H,15H2,1H3,(H,28,32)(H,29,30). The van der Waals surface area contributed by atoms with Gasteiger partial charge < -0.3 is 10.3 Å². The van der Waals surface area contributed by atoms with Gasteiger partial charge in [0.05, 0.1) is 23.0 Å². The van der Waals surface area contributed by atoms with E-state index < -0.39 is 0 Å². The van der Waals surface area contributed by atoms with E-state index in [1.165, 1.54) is 36.0 Å². The summed E-state index contributed by atoms with van der Waals surface area (Å²) in [6.07, 6.45) is 1.56. The van der Waals surface area contributed by atoms with Crippen LogP contribution in [-0.4, -0.2) is 25.4 Å². The Morgan fingerprint density at radius 1 is 1.06 bits per heavy atom. The van der Waals surface area contributed by atoms with Gasteiger partial charge in [0.1, 0.15) is 17.3 Å². The van der Waals surface area contributed by atoms with E-state index in [1.54, 1.807) is 6.20 Å². The highest BCUT2D eigenvalue weighted by atomic mass is 32.2. The highest BCUT2D eigenvalue weighted by molar-refractivity contribution is 7.98. The lowest BCUT2D eigenvalue weighted by Crippen LogP contribution is -2.16. The lowest BCUT2D eigenvalue weighted by Gasteiger charge is -2.12. The summed E-state index contributed by atoms with van der Waals surface area (Å²) in [5, 5.41) is 3.49. The van der Waals surface area contributed by atoms with Crippen molar-refractivity contribution in [3.8, 4) is 5.69 Å². The third kappa shape index (κ3) is 4.51. The van der Waals surface area contributed by atoms with Crippen LogP contribution in [0.4, 0.5) is 10.1 Å². The quantitative estimate of drug-likeness (QED) is 0.319. The number of benzene rings is 3. The number of aryl methyl sites for hydroxylation is 1. The first-order valence-corrected chi connectivity index (χ1v) is 11.3. The number of carbonyl (C=O) groups excluding carboxylic acids is 1. The topological polar surface area (TPSA) is 75.6 Å². The predicted molar refractivity (Wildman–Crippen MR) is 128 cm³/mol. The molecule has 5 rings (SSSR count). The van der Waals surface area contributed by atoms with Gasteiger partial charge in [0, 0.05) is 11.4 Å². The molecule has 0 aliphatic carbocycles. The molecule has 0 saturated heterocycles. The molecule has 0 aliphatic heterocycles. The number of aromatic amines is 1. The van der Waals surface area contributed by atoms with Crippen LogP contribution in [0.25, 0.3) is 16.7 Å². The first-order chi connectivity index (χ1) is 16.1. The zero-order valence-corrected chi connectivity index (χ0v) is 18.6. The van der Waals surface area contributed by atoms with Crippen LogP contribution >= 0.6 is 11.8 Å². The molecule has 3 aromatic carbocycles. The Morgan fingerprint density at radius 2 is 1.82 bits per heavy atom. The number of aromatic nitrogens is 4. The normalized spacial score (nSPS) is 11.1. The molecule has 8 heteroatoms. The molecule has 164 valence electrons. The summed E-state index contributed by atoms with van der Waals surface area (Å²) >= 11 is 1.49. The number of halogens is 1. The van der Waals surface area contributed by atoms with Crippen molar-refractivity contribution in [2.24, 2.45) is 0 Å². The minimum Gasteiger partial charge on any atom is -0.341 e. The van der Waals surface area contributed by atoms with E-state index in [-0.39, 0.29) is 11.7 Å². The van der Waals surface area contributed by atoms with Crippen molar-refractivity contribution < 1.29 is 9.18 Å². The summed E-state index contributed by atoms with van der Waals surface area (Å²) < 4.78 is 15.0. The highest BCUT2D eigenvalue weighted by Crippen LogP contribution is 2.27. The number of nitrogens with one attached hydrogen (secondary N) is 2. The van der Waals surface area contributed by atoms with Crippen LogP contribution in [0.5, 0.6) is 0 Å². The smallest absolute Gasteiger partial charge is 0.274 e. The van der Waals surface area contributed by atoms with E-state index in [0.717, 1.165) is 28.1 Å². The molecule has 1 amide bonds. The average Bonchev–Trinajstić information content (AvgIpc) is 3.43. The molecule has 0 spiro atoms. The van der Waals surface area contributed by atoms with Gasteiger partial charge in [0.25, 0.3) is 5.91 Å². The van der Waals surface area contributed by atoms with Gasteiger partial charge in [-0.3, -0.25) is 9.36 Å². The van der Waals surface area contributed by atoms with Crippen molar-refractivity contribution in [1.29, 1.82) is 0 Å². The first-order valence-electron chi connectivity index (χ1n) is 10.3. The number of imidazole rings is 2. The fourth-order valence-electron chi connectivity index (χ4n) is 3.48. The molecule has 0 unspecified atom stereocenters. The minimum absolute atomic E-state index is 0.328. The zero-order valence-electron chi connectivity index (χ0n) is 17.7. The first kappa shape index (κ1) is 21.0. The second-order valence-corrected chi connectivity index (χ2v) is 8.49. The molecule has 2 heterocycles. The van der Waals surface area contributed by atoms with Crippen LogP contribution in [0.15, 0.2) is 84.1 Å². The van der Waals surface area contributed by atoms with Gasteiger partial charge in [-0.2, -0.15) is 0 Å². The summed E-state index contributed by atoms with van der Waals surface area (Å²) in [7, 11) is 0. The van der Waals surface area contributed by atoms with E-state index in [4.69, 9.17) is 0 Å². The minimum atomic E-state index is -0.359. The number of H-pyrrole nitrogens is 1. The van der Waals surface area contributed by atoms with E-state index in [1.807, 2.05) is 60.0 Å². The summed E-state index contributed by atoms with van der Waals surface area (Å²) in [6, 6.07) is 21.4. The van der Waals surface area contributed by atoms with Gasteiger partial charge in [-0.05, 0) is 55.5 Å². The molecule has 0 aliphatic rings. The van der Waals surface area contributed by atoms with Crippen molar-refractivity contribution in [3.63, 3.8) is 0 Å². The third-order valence-electron chi connectivity index (χ3n) is 5.13. The third-order valence-corrected chi connectivity index (χ3v) is 6.10. The maximum absolute atomic E-state index is 13.2. The van der Waals surface area contributed by atoms with Gasteiger partial charge in [0.15, 0.2) is 5.16 Å². The summed E-state index contributed by atoms with van der Waals surface area (Å²) in [4.78, 5) is 25.5. The van der Waals surface area contributed by atoms with Crippen LogP contribution in [0, 0.1) is 12.7 Å². The molecule has 0 atom stereocenters. The Morgan fingerprint density at radius 3 is 2.58 bits per heavy atom. The molecule has 0 radical (unpaired) electrons. The Bertz CT molecular complexity index is 1390. The van der Waals surface area contributed by atoms with Crippen molar-refractivity contribution in [1.82, 2.24) is 19.5 Å². The van der Waals surface area contributed by atoms with Crippen LogP contribution in [-0.2, 0) is 5.75 Å². The average molecular weight is 458 g/mol. The molecule has 6 nitrogen and oxygen atoms in total. The van der Waals surface area contributed by atoms with E-state index in [2.05, 4.69) is 20.3 Å². The lowest BCUT2D eigenvalue weighted by atomic mass is 10.2. The number of anilines is 1. The Hall–Kier alpha value is -3.91. The number of fused-ring (bicyclic) bond motifs is 1. The van der Waals surface area contributed by atoms with Gasteiger partial charge in [-0.1, -0.05) is 41.6 Å². The fraction of sp³-hybridized carbons (Fsp3) is 0.0800. The van der Waals surface area contributed by atoms with Gasteiger partial charge in [0.2, 0.25) is 0 Å². The van der Waals surface area contributed by atoms with Crippen molar-refractivity contribution in [2.75, 3.05) is 5.32 Å². The molecular formula is C25H20FN5OS. The van der Waals surface area contributed by atoms with Crippen molar-refractivity contribution in [3.05, 3.63) is 102 Å². The molecule has 0 saturated carbocycles. The number of para-hydroxylation sites is 2. The Balaban J connectivity index is 1.45. The van der Waals surface area contributed by atoms with Crippen LogP contribution in [0.2, 0.25) is 0 Å². The molecular weight excluding hydrogens is 437 g/mol. The van der Waals surface area contributed by atoms with Crippen molar-refractivity contribution >= 4 is 34.4 Å². The number of hydrogen-bond donors (Lipinski definition) is 2. The number of nitrogens with zero attached hydrogens (tertiary/aromatic N) is 3. The fourth-order valence-corrected chi connectivity index (χ4v) is 4.34. The Labute approximate surface area is 193 Å². The van der Waals surface area contributed by atoms with Gasteiger partial charge >= 0.3 is 0 Å². The van der Waals surface area contributed by atoms with Gasteiger partial charge in [-0.15, -0.1) is 0 Å². The second kappa shape index (κ2) is 8.91. The number of rotatable bonds is 6. The largest absolute Gasteiger partial charge is 0.341 e. The van der Waals surface area contributed by atoms with E-state index in [9.17, 15) is 9.18 Å². The Kier molecular flexibility index (Phi) is 5.66. The van der Waals surface area contributed by atoms with Gasteiger partial charge in [-0.25, -0.2) is 14.4 Å².